The Hall–Kier alpha value is -3.25. The lowest BCUT2D eigenvalue weighted by Crippen LogP contribution is -2.46. The van der Waals surface area contributed by atoms with Gasteiger partial charge in [-0.1, -0.05) is 53.7 Å². The van der Waals surface area contributed by atoms with Crippen molar-refractivity contribution in [1.82, 2.24) is 15.0 Å². The zero-order chi connectivity index (χ0) is 22.5. The molecule has 0 bridgehead atoms. The molecule has 0 spiro atoms. The van der Waals surface area contributed by atoms with E-state index in [1.165, 1.54) is 11.1 Å². The normalized spacial score (nSPS) is 19.8. The first-order valence-electron chi connectivity index (χ1n) is 11.8. The van der Waals surface area contributed by atoms with Crippen LogP contribution in [-0.4, -0.2) is 47.7 Å². The van der Waals surface area contributed by atoms with Gasteiger partial charge in [0.2, 0.25) is 5.88 Å². The summed E-state index contributed by atoms with van der Waals surface area (Å²) < 4.78 is 17.5. The molecule has 1 aromatic carbocycles. The Labute approximate surface area is 195 Å². The Balaban J connectivity index is 1.13. The third kappa shape index (κ3) is 5.22. The van der Waals surface area contributed by atoms with Crippen molar-refractivity contribution >= 4 is 0 Å². The number of hydrogen-bond donors (Lipinski definition) is 0. The number of hydrogen-bond acceptors (Lipinski definition) is 6. The van der Waals surface area contributed by atoms with Gasteiger partial charge in [-0.05, 0) is 43.9 Å². The molecule has 6 nitrogen and oxygen atoms in total. The fourth-order valence-electron chi connectivity index (χ4n) is 4.60. The molecule has 6 heteroatoms. The second-order valence-corrected chi connectivity index (χ2v) is 8.78. The molecular formula is C27H31N3O3. The molecule has 1 aliphatic carbocycles. The summed E-state index contributed by atoms with van der Waals surface area (Å²) in [5.41, 5.74) is 3.39. The summed E-state index contributed by atoms with van der Waals surface area (Å²) in [6.07, 6.45) is 12.9. The lowest BCUT2D eigenvalue weighted by Gasteiger charge is -2.37. The van der Waals surface area contributed by atoms with E-state index in [0.29, 0.717) is 0 Å². The van der Waals surface area contributed by atoms with Crippen LogP contribution in [0.25, 0.3) is 0 Å². The van der Waals surface area contributed by atoms with E-state index in [1.54, 1.807) is 12.5 Å². The quantitative estimate of drug-likeness (QED) is 0.592. The second-order valence-electron chi connectivity index (χ2n) is 8.78. The van der Waals surface area contributed by atoms with E-state index >= 15 is 0 Å². The maximum atomic E-state index is 5.93. The van der Waals surface area contributed by atoms with Crippen LogP contribution in [0.4, 0.5) is 0 Å². The molecule has 0 N–H and O–H groups in total. The van der Waals surface area contributed by atoms with Gasteiger partial charge in [0.1, 0.15) is 12.0 Å². The highest BCUT2D eigenvalue weighted by Gasteiger charge is 2.25. The van der Waals surface area contributed by atoms with E-state index < -0.39 is 0 Å². The van der Waals surface area contributed by atoms with Crippen molar-refractivity contribution in [2.75, 3.05) is 32.7 Å². The Kier molecular flexibility index (Phi) is 6.63. The van der Waals surface area contributed by atoms with Gasteiger partial charge in [-0.25, -0.2) is 0 Å². The maximum absolute atomic E-state index is 5.93. The zero-order valence-corrected chi connectivity index (χ0v) is 19.2. The van der Waals surface area contributed by atoms with Gasteiger partial charge in [-0.3, -0.25) is 4.90 Å². The summed E-state index contributed by atoms with van der Waals surface area (Å²) in [6, 6.07) is 12.6. The average molecular weight is 446 g/mol. The first-order valence-corrected chi connectivity index (χ1v) is 11.8. The van der Waals surface area contributed by atoms with Crippen LogP contribution >= 0.6 is 0 Å². The Morgan fingerprint density at radius 2 is 1.88 bits per heavy atom. The van der Waals surface area contributed by atoms with Gasteiger partial charge < -0.3 is 18.9 Å². The fourth-order valence-corrected chi connectivity index (χ4v) is 4.60. The summed E-state index contributed by atoms with van der Waals surface area (Å²) in [6.45, 7) is 6.80. The molecule has 1 fully saturated rings. The van der Waals surface area contributed by atoms with Crippen LogP contribution < -0.4 is 0 Å². The molecule has 2 aromatic rings. The summed E-state index contributed by atoms with van der Waals surface area (Å²) >= 11 is 0. The van der Waals surface area contributed by atoms with Crippen LogP contribution in [0.3, 0.4) is 0 Å². The molecule has 3 heterocycles. The highest BCUT2D eigenvalue weighted by molar-refractivity contribution is 5.33. The minimum atomic E-state index is 0.218. The Morgan fingerprint density at radius 1 is 1.03 bits per heavy atom. The number of benzene rings is 1. The summed E-state index contributed by atoms with van der Waals surface area (Å²) in [7, 11) is 0. The molecule has 1 unspecified atom stereocenters. The fraction of sp³-hybridized carbons (Fsp3) is 0.370. The number of allylic oxidation sites excluding steroid dienone is 4. The van der Waals surface area contributed by atoms with Crippen LogP contribution in [-0.2, 0) is 9.47 Å². The van der Waals surface area contributed by atoms with Crippen LogP contribution in [0.15, 0.2) is 88.9 Å². The molecule has 3 aliphatic rings. The highest BCUT2D eigenvalue weighted by Crippen LogP contribution is 2.30. The van der Waals surface area contributed by atoms with Gasteiger partial charge >= 0.3 is 0 Å². The number of piperazine rings is 1. The number of nitrogens with zero attached hydrogens (tertiary/aromatic N) is 3. The lowest BCUT2D eigenvalue weighted by molar-refractivity contribution is 0.0834. The number of aromatic nitrogens is 1. The van der Waals surface area contributed by atoms with E-state index in [9.17, 15) is 0 Å². The first-order chi connectivity index (χ1) is 16.3. The maximum Gasteiger partial charge on any atom is 0.231 e. The van der Waals surface area contributed by atoms with Crippen molar-refractivity contribution in [3.63, 3.8) is 0 Å². The van der Waals surface area contributed by atoms with Crippen molar-refractivity contribution in [3.8, 4) is 0 Å². The van der Waals surface area contributed by atoms with Gasteiger partial charge in [0, 0.05) is 38.2 Å². The first kappa shape index (κ1) is 21.6. The largest absolute Gasteiger partial charge is 0.456 e. The minimum absolute atomic E-state index is 0.218. The second kappa shape index (κ2) is 10.1. The van der Waals surface area contributed by atoms with E-state index in [-0.39, 0.29) is 5.92 Å². The van der Waals surface area contributed by atoms with Crippen molar-refractivity contribution in [2.45, 2.75) is 32.1 Å². The van der Waals surface area contributed by atoms with Crippen molar-refractivity contribution in [1.29, 1.82) is 0 Å². The van der Waals surface area contributed by atoms with E-state index in [1.807, 2.05) is 6.92 Å². The Morgan fingerprint density at radius 3 is 2.55 bits per heavy atom. The molecule has 2 aliphatic heterocycles. The van der Waals surface area contributed by atoms with Gasteiger partial charge in [0.15, 0.2) is 12.0 Å². The molecule has 1 aromatic heterocycles. The summed E-state index contributed by atoms with van der Waals surface area (Å²) in [5.74, 6) is 2.78. The number of ether oxygens (including phenoxy) is 2. The van der Waals surface area contributed by atoms with Crippen LogP contribution in [0, 0.1) is 6.92 Å². The number of rotatable bonds is 7. The molecule has 0 amide bonds. The van der Waals surface area contributed by atoms with E-state index in [2.05, 4.69) is 69.6 Å². The predicted molar refractivity (Wildman–Crippen MR) is 127 cm³/mol. The molecule has 172 valence electrons. The SMILES string of the molecule is Cc1cc(C(CCN2CCN(C3=COC(C4=CC=CCC4)=CO3)CC2)c2ccccc2)on1. The lowest BCUT2D eigenvalue weighted by atomic mass is 9.92. The molecule has 0 radical (unpaired) electrons. The number of aryl methyl sites for hydroxylation is 1. The molecule has 1 saturated heterocycles. The van der Waals surface area contributed by atoms with Crippen molar-refractivity contribution < 1.29 is 14.0 Å². The Bertz CT molecular complexity index is 1060. The predicted octanol–water partition coefficient (Wildman–Crippen LogP) is 5.09. The van der Waals surface area contributed by atoms with E-state index in [4.69, 9.17) is 14.0 Å². The van der Waals surface area contributed by atoms with Crippen LogP contribution in [0.1, 0.15) is 42.2 Å². The van der Waals surface area contributed by atoms with Gasteiger partial charge in [-0.2, -0.15) is 0 Å². The zero-order valence-electron chi connectivity index (χ0n) is 19.2. The highest BCUT2D eigenvalue weighted by atomic mass is 16.6. The van der Waals surface area contributed by atoms with Gasteiger partial charge in [-0.15, -0.1) is 0 Å². The van der Waals surface area contributed by atoms with Crippen LogP contribution in [0.2, 0.25) is 0 Å². The molecule has 1 atom stereocenters. The smallest absolute Gasteiger partial charge is 0.231 e. The topological polar surface area (TPSA) is 51.0 Å². The van der Waals surface area contributed by atoms with Gasteiger partial charge in [0.25, 0.3) is 0 Å². The van der Waals surface area contributed by atoms with E-state index in [0.717, 1.165) is 75.1 Å². The minimum Gasteiger partial charge on any atom is -0.456 e. The third-order valence-corrected chi connectivity index (χ3v) is 6.51. The molecule has 5 rings (SSSR count). The molecule has 0 saturated carbocycles. The van der Waals surface area contributed by atoms with Crippen molar-refractivity contribution in [3.05, 3.63) is 101 Å². The standard InChI is InChI=1S/C27H31N3O3/c1-21-18-25(33-28-21)24(22-8-4-2-5-9-22)12-13-29-14-16-30(17-15-29)27-20-31-26(19-32-27)23-10-6-3-7-11-23/h2-6,8-10,18-20,24H,7,11-17H2,1H3. The molecule has 33 heavy (non-hydrogen) atoms. The third-order valence-electron chi connectivity index (χ3n) is 6.51. The molecular weight excluding hydrogens is 414 g/mol. The van der Waals surface area contributed by atoms with Crippen LogP contribution in [0.5, 0.6) is 0 Å². The van der Waals surface area contributed by atoms with Gasteiger partial charge in [0.05, 0.1) is 5.69 Å². The monoisotopic (exact) mass is 445 g/mol. The summed E-state index contributed by atoms with van der Waals surface area (Å²) in [5, 5.41) is 4.12. The average Bonchev–Trinajstić information content (AvgIpc) is 3.32. The van der Waals surface area contributed by atoms with Crippen molar-refractivity contribution in [2.24, 2.45) is 0 Å². The summed E-state index contributed by atoms with van der Waals surface area (Å²) in [4.78, 5) is 4.77.